The maximum atomic E-state index is 14.3. The van der Waals surface area contributed by atoms with Crippen LogP contribution < -0.4 is 10.6 Å². The van der Waals surface area contributed by atoms with Crippen molar-refractivity contribution >= 4 is 23.6 Å². The topological polar surface area (TPSA) is 141 Å². The van der Waals surface area contributed by atoms with Gasteiger partial charge in [0.1, 0.15) is 6.04 Å². The summed E-state index contributed by atoms with van der Waals surface area (Å²) >= 11 is 0. The number of carbonyl (C=O) groups is 4. The number of hydrogen-bond donors (Lipinski definition) is 3. The van der Waals surface area contributed by atoms with Crippen LogP contribution in [-0.4, -0.2) is 127 Å². The van der Waals surface area contributed by atoms with Crippen molar-refractivity contribution in [2.24, 2.45) is 23.7 Å². The number of amides is 4. The number of ether oxygens (including phenoxy) is 2. The Hall–Kier alpha value is -3.06. The predicted octanol–water partition coefficient (Wildman–Crippen LogP) is 4.65. The Morgan fingerprint density at radius 1 is 0.889 bits per heavy atom. The van der Waals surface area contributed by atoms with Crippen molar-refractivity contribution in [3.63, 3.8) is 0 Å². The van der Waals surface area contributed by atoms with E-state index in [0.717, 1.165) is 12.8 Å². The summed E-state index contributed by atoms with van der Waals surface area (Å²) in [6.07, 6.45) is 0.136. The second kappa shape index (κ2) is 21.9. The predicted molar refractivity (Wildman–Crippen MR) is 213 cm³/mol. The Morgan fingerprint density at radius 2 is 1.50 bits per heavy atom. The maximum absolute atomic E-state index is 14.3. The van der Waals surface area contributed by atoms with E-state index in [0.29, 0.717) is 18.5 Å². The van der Waals surface area contributed by atoms with Crippen LogP contribution in [-0.2, 0) is 28.7 Å². The average molecular weight is 760 g/mol. The van der Waals surface area contributed by atoms with Crippen molar-refractivity contribution in [1.29, 1.82) is 0 Å². The van der Waals surface area contributed by atoms with E-state index < -0.39 is 48.4 Å². The first kappa shape index (κ1) is 47.1. The number of nitrogens with one attached hydrogen (secondary N) is 2. The lowest BCUT2D eigenvalue weighted by Crippen LogP contribution is -2.60. The minimum absolute atomic E-state index is 0.0197. The van der Waals surface area contributed by atoms with Crippen LogP contribution in [0.25, 0.3) is 0 Å². The number of nitrogens with zero attached hydrogens (tertiary/aromatic N) is 3. The highest BCUT2D eigenvalue weighted by Crippen LogP contribution is 2.30. The summed E-state index contributed by atoms with van der Waals surface area (Å²) in [6.45, 7) is 20.1. The van der Waals surface area contributed by atoms with Crippen molar-refractivity contribution in [3.05, 3.63) is 35.9 Å². The molecule has 2 rings (SSSR count). The molecule has 1 unspecified atom stereocenters. The van der Waals surface area contributed by atoms with Crippen molar-refractivity contribution in [1.82, 2.24) is 25.3 Å². The van der Waals surface area contributed by atoms with E-state index in [9.17, 15) is 24.3 Å². The summed E-state index contributed by atoms with van der Waals surface area (Å²) in [5, 5.41) is 16.9. The molecule has 0 spiro atoms. The number of carbonyl (C=O) groups excluding carboxylic acids is 4. The van der Waals surface area contributed by atoms with Crippen LogP contribution in [0.5, 0.6) is 0 Å². The van der Waals surface area contributed by atoms with Gasteiger partial charge in [-0.05, 0) is 64.0 Å². The summed E-state index contributed by atoms with van der Waals surface area (Å²) < 4.78 is 12.0. The van der Waals surface area contributed by atoms with Gasteiger partial charge in [-0.2, -0.15) is 0 Å². The molecule has 1 heterocycles. The number of likely N-dealkylation sites (tertiary alicyclic amines) is 1. The largest absolute Gasteiger partial charge is 0.386 e. The van der Waals surface area contributed by atoms with Gasteiger partial charge in [0, 0.05) is 33.9 Å². The van der Waals surface area contributed by atoms with Gasteiger partial charge < -0.3 is 35.0 Å². The molecule has 308 valence electrons. The van der Waals surface area contributed by atoms with Gasteiger partial charge in [0.15, 0.2) is 0 Å². The van der Waals surface area contributed by atoms with E-state index in [1.807, 2.05) is 90.7 Å². The van der Waals surface area contributed by atoms with Crippen LogP contribution in [0.2, 0.25) is 0 Å². The van der Waals surface area contributed by atoms with Gasteiger partial charge in [-0.1, -0.05) is 85.2 Å². The minimum Gasteiger partial charge on any atom is -0.386 e. The number of hydrogen-bond acceptors (Lipinski definition) is 8. The molecule has 1 fully saturated rings. The number of methoxy groups -OCH3 is 2. The lowest BCUT2D eigenvalue weighted by molar-refractivity contribution is -0.148. The molecule has 0 saturated carbocycles. The van der Waals surface area contributed by atoms with Crippen LogP contribution in [0.15, 0.2) is 30.3 Å². The zero-order chi connectivity index (χ0) is 41.0. The monoisotopic (exact) mass is 760 g/mol. The fraction of sp³-hybridized carbons (Fsp3) is 0.762. The normalized spacial score (nSPS) is 19.9. The summed E-state index contributed by atoms with van der Waals surface area (Å²) in [4.78, 5) is 61.3. The molecule has 1 aromatic rings. The standard InChI is InChI=1S/C42H73N5O7/c1-15-28(8)37(46(12)42(52)35(25(2)3)44-41(51)36(26(4)5)45(11)27(6)7)33(53-13)24-34(48)47-23-19-22-32(47)39(54-14)29(9)40(50)43-30(10)38(49)31-20-17-16-18-21-31/h16-18,20-21,25-30,32-33,35-39,49H,15,19,22-24H2,1-14H3,(H,43,50)(H,44,51)/t28-,29+,30+,32-,33+,35?,36-,37-,38+,39+/m0/s1. The zero-order valence-corrected chi connectivity index (χ0v) is 35.7. The smallest absolute Gasteiger partial charge is 0.245 e. The molecule has 54 heavy (non-hydrogen) atoms. The average Bonchev–Trinajstić information content (AvgIpc) is 3.62. The Kier molecular flexibility index (Phi) is 19.1. The molecule has 0 bridgehead atoms. The van der Waals surface area contributed by atoms with E-state index in [2.05, 4.69) is 17.6 Å². The van der Waals surface area contributed by atoms with Crippen LogP contribution in [0.1, 0.15) is 107 Å². The maximum Gasteiger partial charge on any atom is 0.245 e. The molecule has 12 heteroatoms. The van der Waals surface area contributed by atoms with Gasteiger partial charge in [0.25, 0.3) is 0 Å². The molecule has 4 amide bonds. The van der Waals surface area contributed by atoms with E-state index in [-0.39, 0.29) is 59.9 Å². The third-order valence-corrected chi connectivity index (χ3v) is 11.6. The Balaban J connectivity index is 2.27. The molecule has 1 saturated heterocycles. The highest BCUT2D eigenvalue weighted by atomic mass is 16.5. The fourth-order valence-corrected chi connectivity index (χ4v) is 7.93. The van der Waals surface area contributed by atoms with E-state index in [1.165, 1.54) is 0 Å². The zero-order valence-electron chi connectivity index (χ0n) is 35.7. The Morgan fingerprint density at radius 3 is 2.00 bits per heavy atom. The van der Waals surface area contributed by atoms with Gasteiger partial charge in [-0.3, -0.25) is 24.1 Å². The lowest BCUT2D eigenvalue weighted by atomic mass is 9.89. The third-order valence-electron chi connectivity index (χ3n) is 11.6. The molecular weight excluding hydrogens is 686 g/mol. The molecule has 0 aliphatic carbocycles. The first-order valence-corrected chi connectivity index (χ1v) is 20.0. The van der Waals surface area contributed by atoms with Gasteiger partial charge >= 0.3 is 0 Å². The molecular formula is C42H73N5O7. The Bertz CT molecular complexity index is 1330. The molecule has 1 aliphatic rings. The minimum atomic E-state index is -0.877. The van der Waals surface area contributed by atoms with Gasteiger partial charge in [-0.15, -0.1) is 0 Å². The highest BCUT2D eigenvalue weighted by molar-refractivity contribution is 5.90. The van der Waals surface area contributed by atoms with E-state index in [1.54, 1.807) is 44.9 Å². The summed E-state index contributed by atoms with van der Waals surface area (Å²) in [6, 6.07) is 6.85. The summed E-state index contributed by atoms with van der Waals surface area (Å²) in [5.74, 6) is -1.57. The first-order valence-electron chi connectivity index (χ1n) is 20.0. The van der Waals surface area contributed by atoms with Crippen molar-refractivity contribution < 1.29 is 33.8 Å². The van der Waals surface area contributed by atoms with Crippen LogP contribution in [0.4, 0.5) is 0 Å². The van der Waals surface area contributed by atoms with E-state index in [4.69, 9.17) is 9.47 Å². The van der Waals surface area contributed by atoms with Crippen LogP contribution >= 0.6 is 0 Å². The molecule has 3 N–H and O–H groups in total. The highest BCUT2D eigenvalue weighted by Gasteiger charge is 2.43. The van der Waals surface area contributed by atoms with Crippen LogP contribution in [0, 0.1) is 23.7 Å². The number of likely N-dealkylation sites (N-methyl/N-ethyl adjacent to an activating group) is 2. The number of benzene rings is 1. The molecule has 12 nitrogen and oxygen atoms in total. The molecule has 10 atom stereocenters. The van der Waals surface area contributed by atoms with Crippen molar-refractivity contribution in [2.45, 2.75) is 149 Å². The molecule has 1 aromatic carbocycles. The number of aliphatic hydroxyl groups is 1. The second-order valence-corrected chi connectivity index (χ2v) is 16.4. The van der Waals surface area contributed by atoms with Crippen LogP contribution in [0.3, 0.4) is 0 Å². The quantitative estimate of drug-likeness (QED) is 0.165. The lowest BCUT2D eigenvalue weighted by Gasteiger charge is -2.41. The molecule has 0 aromatic heterocycles. The summed E-state index contributed by atoms with van der Waals surface area (Å²) in [7, 11) is 6.80. The Labute approximate surface area is 326 Å². The SMILES string of the molecule is CC[C@H](C)[C@@H]([C@@H](CC(=O)N1CCC[C@H]1[C@H](OC)[C@@H](C)C(=O)N[C@H](C)[C@@H](O)c1ccccc1)OC)N(C)C(=O)C(NC(=O)[C@H](C(C)C)N(C)C(C)C)C(C)C. The van der Waals surface area contributed by atoms with Gasteiger partial charge in [0.05, 0.1) is 54.8 Å². The molecule has 0 radical (unpaired) electrons. The second-order valence-electron chi connectivity index (χ2n) is 16.4. The fourth-order valence-electron chi connectivity index (χ4n) is 7.93. The third kappa shape index (κ3) is 12.0. The van der Waals surface area contributed by atoms with Crippen molar-refractivity contribution in [3.8, 4) is 0 Å². The summed E-state index contributed by atoms with van der Waals surface area (Å²) in [5.41, 5.74) is 0.711. The van der Waals surface area contributed by atoms with Gasteiger partial charge in [0.2, 0.25) is 23.6 Å². The number of aliphatic hydroxyl groups excluding tert-OH is 1. The van der Waals surface area contributed by atoms with Crippen molar-refractivity contribution in [2.75, 3.05) is 34.9 Å². The van der Waals surface area contributed by atoms with Gasteiger partial charge in [-0.25, -0.2) is 0 Å². The molecule has 1 aliphatic heterocycles. The van der Waals surface area contributed by atoms with E-state index >= 15 is 0 Å². The number of rotatable bonds is 21. The first-order chi connectivity index (χ1) is 25.3.